The highest BCUT2D eigenvalue weighted by Crippen LogP contribution is 2.28. The SMILES string of the molecule is CCCc1cc(C2=NOC(C)(COCc3c(F)cccc3F)C2)on1. The Morgan fingerprint density at radius 2 is 2.04 bits per heavy atom. The fraction of sp³-hybridized carbons (Fsp3) is 0.444. The minimum absolute atomic E-state index is 0.0929. The Morgan fingerprint density at radius 3 is 2.76 bits per heavy atom. The smallest absolute Gasteiger partial charge is 0.184 e. The molecular weight excluding hydrogens is 330 g/mol. The Kier molecular flexibility index (Phi) is 5.13. The lowest BCUT2D eigenvalue weighted by Crippen LogP contribution is -2.31. The lowest BCUT2D eigenvalue weighted by atomic mass is 9.99. The van der Waals surface area contributed by atoms with Gasteiger partial charge >= 0.3 is 0 Å². The zero-order valence-electron chi connectivity index (χ0n) is 14.2. The summed E-state index contributed by atoms with van der Waals surface area (Å²) in [5.74, 6) is -0.675. The van der Waals surface area contributed by atoms with Crippen molar-refractivity contribution >= 4 is 5.71 Å². The van der Waals surface area contributed by atoms with Gasteiger partial charge in [-0.2, -0.15) is 0 Å². The summed E-state index contributed by atoms with van der Waals surface area (Å²) in [6.45, 7) is 3.86. The van der Waals surface area contributed by atoms with E-state index in [2.05, 4.69) is 17.2 Å². The van der Waals surface area contributed by atoms with Crippen molar-refractivity contribution in [2.45, 2.75) is 45.3 Å². The highest BCUT2D eigenvalue weighted by atomic mass is 19.1. The number of hydrogen-bond acceptors (Lipinski definition) is 5. The maximum Gasteiger partial charge on any atom is 0.184 e. The summed E-state index contributed by atoms with van der Waals surface area (Å²) in [5.41, 5.74) is 0.720. The van der Waals surface area contributed by atoms with Crippen molar-refractivity contribution in [3.05, 3.63) is 52.9 Å². The molecule has 1 unspecified atom stereocenters. The van der Waals surface area contributed by atoms with E-state index in [0.717, 1.165) is 18.5 Å². The number of nitrogens with zero attached hydrogens (tertiary/aromatic N) is 2. The van der Waals surface area contributed by atoms with Crippen LogP contribution in [0.1, 0.15) is 43.7 Å². The van der Waals surface area contributed by atoms with Gasteiger partial charge in [0.25, 0.3) is 0 Å². The van der Waals surface area contributed by atoms with Gasteiger partial charge in [0, 0.05) is 18.1 Å². The molecule has 2 aromatic rings. The summed E-state index contributed by atoms with van der Waals surface area (Å²) in [5, 5.41) is 8.04. The molecular formula is C18H20F2N2O3. The summed E-state index contributed by atoms with van der Waals surface area (Å²) in [4.78, 5) is 5.46. The Bertz CT molecular complexity index is 755. The van der Waals surface area contributed by atoms with Crippen LogP contribution >= 0.6 is 0 Å². The van der Waals surface area contributed by atoms with Crippen LogP contribution in [0.25, 0.3) is 0 Å². The Morgan fingerprint density at radius 1 is 1.28 bits per heavy atom. The molecule has 0 saturated carbocycles. The number of benzene rings is 1. The minimum atomic E-state index is -0.714. The van der Waals surface area contributed by atoms with E-state index in [1.54, 1.807) is 0 Å². The third-order valence-electron chi connectivity index (χ3n) is 3.98. The van der Waals surface area contributed by atoms with Crippen molar-refractivity contribution in [2.75, 3.05) is 6.61 Å². The summed E-state index contributed by atoms with van der Waals surface area (Å²) >= 11 is 0. The molecule has 0 aliphatic carbocycles. The van der Waals surface area contributed by atoms with Crippen molar-refractivity contribution in [3.8, 4) is 0 Å². The number of aryl methyl sites for hydroxylation is 1. The van der Waals surface area contributed by atoms with Gasteiger partial charge in [0.1, 0.15) is 17.3 Å². The van der Waals surface area contributed by atoms with Crippen LogP contribution in [0, 0.1) is 11.6 Å². The average Bonchev–Trinajstić information content (AvgIpc) is 3.18. The van der Waals surface area contributed by atoms with Crippen LogP contribution in [-0.2, 0) is 22.6 Å². The molecule has 0 amide bonds. The highest BCUT2D eigenvalue weighted by molar-refractivity contribution is 5.99. The summed E-state index contributed by atoms with van der Waals surface area (Å²) in [6, 6.07) is 5.58. The van der Waals surface area contributed by atoms with Gasteiger partial charge in [-0.1, -0.05) is 29.7 Å². The Labute approximate surface area is 144 Å². The van der Waals surface area contributed by atoms with Crippen molar-refractivity contribution in [2.24, 2.45) is 5.16 Å². The molecule has 0 fully saturated rings. The first-order valence-electron chi connectivity index (χ1n) is 8.22. The lowest BCUT2D eigenvalue weighted by Gasteiger charge is -2.21. The molecule has 0 bridgehead atoms. The van der Waals surface area contributed by atoms with E-state index in [1.165, 1.54) is 18.2 Å². The van der Waals surface area contributed by atoms with Gasteiger partial charge in [-0.05, 0) is 25.5 Å². The van der Waals surface area contributed by atoms with Crippen LogP contribution in [0.15, 0.2) is 33.9 Å². The molecule has 1 atom stereocenters. The molecule has 134 valence electrons. The highest BCUT2D eigenvalue weighted by Gasteiger charge is 2.36. The standard InChI is InChI=1S/C18H20F2N2O3/c1-3-5-12-8-17(24-21-12)16-9-18(2,25-22-16)11-23-10-13-14(19)6-4-7-15(13)20/h4,6-8H,3,5,9-11H2,1-2H3. The van der Waals surface area contributed by atoms with E-state index in [0.29, 0.717) is 17.9 Å². The monoisotopic (exact) mass is 350 g/mol. The molecule has 0 saturated heterocycles. The first-order valence-corrected chi connectivity index (χ1v) is 8.22. The van der Waals surface area contributed by atoms with Crippen LogP contribution in [0.5, 0.6) is 0 Å². The van der Waals surface area contributed by atoms with Gasteiger partial charge in [0.15, 0.2) is 11.4 Å². The van der Waals surface area contributed by atoms with Crippen LogP contribution in [0.2, 0.25) is 0 Å². The molecule has 1 aliphatic rings. The van der Waals surface area contributed by atoms with Gasteiger partial charge in [0.2, 0.25) is 0 Å². The summed E-state index contributed by atoms with van der Waals surface area (Å²) in [7, 11) is 0. The number of halogens is 2. The van der Waals surface area contributed by atoms with Gasteiger partial charge in [-0.15, -0.1) is 0 Å². The van der Waals surface area contributed by atoms with Gasteiger partial charge in [-0.25, -0.2) is 8.78 Å². The zero-order valence-corrected chi connectivity index (χ0v) is 14.2. The number of ether oxygens (including phenoxy) is 1. The first-order chi connectivity index (χ1) is 12.0. The van der Waals surface area contributed by atoms with Crippen molar-refractivity contribution in [1.82, 2.24) is 5.16 Å². The van der Waals surface area contributed by atoms with E-state index in [1.807, 2.05) is 13.0 Å². The van der Waals surface area contributed by atoms with Gasteiger partial charge < -0.3 is 14.1 Å². The topological polar surface area (TPSA) is 56.9 Å². The predicted octanol–water partition coefficient (Wildman–Crippen LogP) is 4.01. The second kappa shape index (κ2) is 7.31. The largest absolute Gasteiger partial charge is 0.386 e. The average molecular weight is 350 g/mol. The minimum Gasteiger partial charge on any atom is -0.386 e. The molecule has 1 aromatic carbocycles. The number of rotatable bonds is 7. The van der Waals surface area contributed by atoms with E-state index < -0.39 is 17.2 Å². The second-order valence-corrected chi connectivity index (χ2v) is 6.38. The second-order valence-electron chi connectivity index (χ2n) is 6.38. The van der Waals surface area contributed by atoms with E-state index in [4.69, 9.17) is 14.1 Å². The zero-order chi connectivity index (χ0) is 17.9. The van der Waals surface area contributed by atoms with Crippen molar-refractivity contribution < 1.29 is 22.9 Å². The Hall–Kier alpha value is -2.28. The third-order valence-corrected chi connectivity index (χ3v) is 3.98. The molecule has 7 heteroatoms. The molecule has 5 nitrogen and oxygen atoms in total. The van der Waals surface area contributed by atoms with Crippen molar-refractivity contribution in [3.63, 3.8) is 0 Å². The first kappa shape index (κ1) is 17.5. The molecule has 1 aliphatic heterocycles. The van der Waals surface area contributed by atoms with Gasteiger partial charge in [0.05, 0.1) is 18.9 Å². The third kappa shape index (κ3) is 4.04. The van der Waals surface area contributed by atoms with E-state index in [9.17, 15) is 8.78 Å². The molecule has 0 N–H and O–H groups in total. The quantitative estimate of drug-likeness (QED) is 0.757. The molecule has 3 rings (SSSR count). The molecule has 0 radical (unpaired) electrons. The van der Waals surface area contributed by atoms with Crippen LogP contribution < -0.4 is 0 Å². The number of oxime groups is 1. The summed E-state index contributed by atoms with van der Waals surface area (Å²) < 4.78 is 38.0. The fourth-order valence-electron chi connectivity index (χ4n) is 2.65. The maximum atomic E-state index is 13.6. The predicted molar refractivity (Wildman–Crippen MR) is 87.2 cm³/mol. The Balaban J connectivity index is 1.55. The van der Waals surface area contributed by atoms with Crippen LogP contribution in [0.4, 0.5) is 8.78 Å². The van der Waals surface area contributed by atoms with Crippen LogP contribution in [0.3, 0.4) is 0 Å². The van der Waals surface area contributed by atoms with E-state index in [-0.39, 0.29) is 18.8 Å². The lowest BCUT2D eigenvalue weighted by molar-refractivity contribution is -0.0716. The summed E-state index contributed by atoms with van der Waals surface area (Å²) in [6.07, 6.45) is 2.28. The van der Waals surface area contributed by atoms with Gasteiger partial charge in [-0.3, -0.25) is 0 Å². The molecule has 0 spiro atoms. The fourth-order valence-corrected chi connectivity index (χ4v) is 2.65. The molecule has 25 heavy (non-hydrogen) atoms. The molecule has 2 heterocycles. The van der Waals surface area contributed by atoms with E-state index >= 15 is 0 Å². The van der Waals surface area contributed by atoms with Crippen molar-refractivity contribution in [1.29, 1.82) is 0 Å². The number of aromatic nitrogens is 1. The van der Waals surface area contributed by atoms with Crippen LogP contribution in [-0.4, -0.2) is 23.1 Å². The number of hydrogen-bond donors (Lipinski definition) is 0. The molecule has 1 aromatic heterocycles. The maximum absolute atomic E-state index is 13.6. The normalized spacial score (nSPS) is 19.8.